The average Bonchev–Trinajstić information content (AvgIpc) is 2.44. The van der Waals surface area contributed by atoms with Crippen LogP contribution < -0.4 is 0 Å². The molecule has 0 saturated heterocycles. The lowest BCUT2D eigenvalue weighted by Gasteiger charge is -2.05. The van der Waals surface area contributed by atoms with Crippen molar-refractivity contribution in [2.75, 3.05) is 0 Å². The molecule has 0 aromatic heterocycles. The Hall–Kier alpha value is -2.33. The molecule has 1 N–H and O–H groups in total. The van der Waals surface area contributed by atoms with E-state index in [2.05, 4.69) is 0 Å². The molecule has 0 aliphatic carbocycles. The van der Waals surface area contributed by atoms with Crippen LogP contribution >= 0.6 is 11.6 Å². The number of hydrogen-bond acceptors (Lipinski definition) is 3. The highest BCUT2D eigenvalue weighted by molar-refractivity contribution is 6.30. The van der Waals surface area contributed by atoms with Gasteiger partial charge in [0.05, 0.1) is 11.3 Å². The highest BCUT2D eigenvalue weighted by Gasteiger charge is 2.14. The van der Waals surface area contributed by atoms with E-state index in [1.54, 1.807) is 0 Å². The zero-order chi connectivity index (χ0) is 15.4. The Morgan fingerprint density at radius 1 is 1.33 bits per heavy atom. The van der Waals surface area contributed by atoms with Gasteiger partial charge >= 0.3 is 0 Å². The molecule has 0 radical (unpaired) electrons. The van der Waals surface area contributed by atoms with Gasteiger partial charge in [0.2, 0.25) is 0 Å². The van der Waals surface area contributed by atoms with Crippen LogP contribution in [0.25, 0.3) is 6.08 Å². The Labute approximate surface area is 127 Å². The zero-order valence-electron chi connectivity index (χ0n) is 11.4. The SMILES string of the molecule is Cc1ccccc1CC(=Cc1cc(Cl)ccc1O)[N+](=O)[O-]. The first kappa shape index (κ1) is 15.1. The minimum absolute atomic E-state index is 0.00173. The summed E-state index contributed by atoms with van der Waals surface area (Å²) in [6, 6.07) is 11.9. The summed E-state index contributed by atoms with van der Waals surface area (Å²) in [5, 5.41) is 21.4. The molecular weight excluding hydrogens is 290 g/mol. The van der Waals surface area contributed by atoms with E-state index in [0.717, 1.165) is 11.1 Å². The van der Waals surface area contributed by atoms with Gasteiger partial charge in [0, 0.05) is 16.7 Å². The number of aromatic hydroxyl groups is 1. The van der Waals surface area contributed by atoms with E-state index in [0.29, 0.717) is 10.6 Å². The van der Waals surface area contributed by atoms with Crippen molar-refractivity contribution in [1.29, 1.82) is 0 Å². The van der Waals surface area contributed by atoms with Crippen molar-refractivity contribution in [3.8, 4) is 5.75 Å². The third kappa shape index (κ3) is 3.83. The van der Waals surface area contributed by atoms with Crippen molar-refractivity contribution in [2.24, 2.45) is 0 Å². The van der Waals surface area contributed by atoms with E-state index in [1.165, 1.54) is 24.3 Å². The van der Waals surface area contributed by atoms with Crippen LogP contribution in [0.3, 0.4) is 0 Å². The van der Waals surface area contributed by atoms with E-state index in [4.69, 9.17) is 11.6 Å². The summed E-state index contributed by atoms with van der Waals surface area (Å²) in [6.45, 7) is 1.91. The number of nitro groups is 1. The molecule has 5 heteroatoms. The first-order valence-electron chi connectivity index (χ1n) is 6.35. The van der Waals surface area contributed by atoms with E-state index < -0.39 is 4.92 Å². The molecule has 0 atom stereocenters. The molecule has 0 aliphatic rings. The van der Waals surface area contributed by atoms with Crippen LogP contribution in [0.15, 0.2) is 48.2 Å². The molecule has 0 unspecified atom stereocenters. The lowest BCUT2D eigenvalue weighted by molar-refractivity contribution is -0.425. The molecule has 108 valence electrons. The number of aryl methyl sites for hydroxylation is 1. The topological polar surface area (TPSA) is 63.4 Å². The molecular formula is C16H14ClNO3. The van der Waals surface area contributed by atoms with Crippen LogP contribution in [0.4, 0.5) is 0 Å². The number of benzene rings is 2. The molecule has 0 fully saturated rings. The van der Waals surface area contributed by atoms with Gasteiger partial charge in [0.1, 0.15) is 5.75 Å². The summed E-state index contributed by atoms with van der Waals surface area (Å²) in [5.41, 5.74) is 2.20. The third-order valence-electron chi connectivity index (χ3n) is 3.18. The van der Waals surface area contributed by atoms with Crippen LogP contribution in [-0.2, 0) is 6.42 Å². The number of rotatable bonds is 4. The first-order valence-corrected chi connectivity index (χ1v) is 6.73. The lowest BCUT2D eigenvalue weighted by atomic mass is 10.0. The minimum atomic E-state index is -0.438. The maximum atomic E-state index is 11.2. The summed E-state index contributed by atoms with van der Waals surface area (Å²) >= 11 is 5.86. The number of hydrogen-bond donors (Lipinski definition) is 1. The van der Waals surface area contributed by atoms with Crippen molar-refractivity contribution >= 4 is 17.7 Å². The smallest absolute Gasteiger partial charge is 0.251 e. The zero-order valence-corrected chi connectivity index (χ0v) is 12.2. The predicted molar refractivity (Wildman–Crippen MR) is 83.0 cm³/mol. The second-order valence-corrected chi connectivity index (χ2v) is 5.14. The number of phenols is 1. The van der Waals surface area contributed by atoms with Crippen LogP contribution in [-0.4, -0.2) is 10.0 Å². The number of phenolic OH excluding ortho intramolecular Hbond substituents is 1. The highest BCUT2D eigenvalue weighted by Crippen LogP contribution is 2.25. The quantitative estimate of drug-likeness (QED) is 0.679. The Kier molecular flexibility index (Phi) is 4.60. The molecule has 0 bridgehead atoms. The van der Waals surface area contributed by atoms with Crippen LogP contribution in [0.2, 0.25) is 5.02 Å². The number of allylic oxidation sites excluding steroid dienone is 1. The van der Waals surface area contributed by atoms with Gasteiger partial charge < -0.3 is 5.11 Å². The molecule has 0 aliphatic heterocycles. The molecule has 0 spiro atoms. The van der Waals surface area contributed by atoms with Gasteiger partial charge in [-0.2, -0.15) is 0 Å². The van der Waals surface area contributed by atoms with Crippen molar-refractivity contribution in [3.05, 3.63) is 80.0 Å². The fourth-order valence-corrected chi connectivity index (χ4v) is 2.17. The van der Waals surface area contributed by atoms with E-state index >= 15 is 0 Å². The molecule has 0 amide bonds. The van der Waals surface area contributed by atoms with Gasteiger partial charge in [0.15, 0.2) is 0 Å². The van der Waals surface area contributed by atoms with Gasteiger partial charge in [-0.1, -0.05) is 35.9 Å². The Morgan fingerprint density at radius 3 is 2.71 bits per heavy atom. The number of nitrogens with zero attached hydrogens (tertiary/aromatic N) is 1. The maximum Gasteiger partial charge on any atom is 0.251 e. The van der Waals surface area contributed by atoms with Gasteiger partial charge in [-0.15, -0.1) is 0 Å². The van der Waals surface area contributed by atoms with Crippen molar-refractivity contribution in [3.63, 3.8) is 0 Å². The fraction of sp³-hybridized carbons (Fsp3) is 0.125. The lowest BCUT2D eigenvalue weighted by Crippen LogP contribution is -2.03. The summed E-state index contributed by atoms with van der Waals surface area (Å²) in [5.74, 6) is -0.0384. The molecule has 21 heavy (non-hydrogen) atoms. The Bertz CT molecular complexity index is 710. The maximum absolute atomic E-state index is 11.2. The highest BCUT2D eigenvalue weighted by atomic mass is 35.5. The summed E-state index contributed by atoms with van der Waals surface area (Å²) in [4.78, 5) is 10.8. The van der Waals surface area contributed by atoms with Gasteiger partial charge in [-0.3, -0.25) is 10.1 Å². The van der Waals surface area contributed by atoms with E-state index in [1.807, 2.05) is 31.2 Å². The van der Waals surface area contributed by atoms with Crippen LogP contribution in [0.1, 0.15) is 16.7 Å². The van der Waals surface area contributed by atoms with E-state index in [-0.39, 0.29) is 17.9 Å². The van der Waals surface area contributed by atoms with Gasteiger partial charge in [-0.05, 0) is 36.2 Å². The third-order valence-corrected chi connectivity index (χ3v) is 3.41. The first-order chi connectivity index (χ1) is 9.97. The van der Waals surface area contributed by atoms with Crippen LogP contribution in [0.5, 0.6) is 5.75 Å². The molecule has 2 aromatic rings. The van der Waals surface area contributed by atoms with E-state index in [9.17, 15) is 15.2 Å². The fourth-order valence-electron chi connectivity index (χ4n) is 1.99. The second-order valence-electron chi connectivity index (χ2n) is 4.70. The molecule has 0 saturated carbocycles. The largest absolute Gasteiger partial charge is 0.507 e. The molecule has 2 aromatic carbocycles. The van der Waals surface area contributed by atoms with Gasteiger partial charge in [0.25, 0.3) is 5.70 Å². The van der Waals surface area contributed by atoms with Gasteiger partial charge in [-0.25, -0.2) is 0 Å². The Morgan fingerprint density at radius 2 is 2.05 bits per heavy atom. The molecule has 0 heterocycles. The van der Waals surface area contributed by atoms with Crippen molar-refractivity contribution in [2.45, 2.75) is 13.3 Å². The summed E-state index contributed by atoms with van der Waals surface area (Å²) in [6.07, 6.45) is 1.54. The number of halogens is 1. The predicted octanol–water partition coefficient (Wildman–Crippen LogP) is 4.21. The van der Waals surface area contributed by atoms with Crippen LogP contribution in [0, 0.1) is 17.0 Å². The summed E-state index contributed by atoms with van der Waals surface area (Å²) in [7, 11) is 0. The monoisotopic (exact) mass is 303 g/mol. The summed E-state index contributed by atoms with van der Waals surface area (Å²) < 4.78 is 0. The second kappa shape index (κ2) is 6.41. The normalized spacial score (nSPS) is 11.4. The van der Waals surface area contributed by atoms with Crippen molar-refractivity contribution in [1.82, 2.24) is 0 Å². The molecule has 4 nitrogen and oxygen atoms in total. The van der Waals surface area contributed by atoms with Crippen molar-refractivity contribution < 1.29 is 10.0 Å². The molecule has 2 rings (SSSR count). The Balaban J connectivity index is 2.40. The average molecular weight is 304 g/mol. The standard InChI is InChI=1S/C16H14ClNO3/c1-11-4-2-3-5-12(11)9-15(18(20)21)10-13-8-14(17)6-7-16(13)19/h2-8,10,19H,9H2,1H3. The minimum Gasteiger partial charge on any atom is -0.507 e.